The number of carbonyl (C=O) groups is 1. The van der Waals surface area contributed by atoms with Crippen LogP contribution in [0, 0.1) is 11.3 Å². The van der Waals surface area contributed by atoms with Gasteiger partial charge in [0.1, 0.15) is 17.2 Å². The van der Waals surface area contributed by atoms with E-state index >= 15 is 0 Å². The van der Waals surface area contributed by atoms with Crippen LogP contribution >= 0.6 is 11.3 Å². The number of carbonyl (C=O) groups excluding carboxylic acids is 1. The van der Waals surface area contributed by atoms with Crippen molar-refractivity contribution in [2.75, 3.05) is 31.2 Å². The molecule has 1 aromatic carbocycles. The van der Waals surface area contributed by atoms with Crippen molar-refractivity contribution in [2.24, 2.45) is 0 Å². The smallest absolute Gasteiger partial charge is 0.349 e. The number of nitriles is 1. The van der Waals surface area contributed by atoms with Gasteiger partial charge in [0.2, 0.25) is 0 Å². The number of anilines is 1. The van der Waals surface area contributed by atoms with Gasteiger partial charge < -0.3 is 19.8 Å². The molecule has 0 saturated heterocycles. The van der Waals surface area contributed by atoms with E-state index in [9.17, 15) is 20.3 Å². The van der Waals surface area contributed by atoms with Gasteiger partial charge in [-0.15, -0.1) is 11.3 Å². The summed E-state index contributed by atoms with van der Waals surface area (Å²) in [5.41, 5.74) is 0.194. The summed E-state index contributed by atoms with van der Waals surface area (Å²) in [7, 11) is 0. The molecule has 0 aliphatic heterocycles. The number of nitrogens with zero attached hydrogens (tertiary/aromatic N) is 2. The molecular formula is C20H24N2O4S. The van der Waals surface area contributed by atoms with Crippen LogP contribution in [-0.2, 0) is 9.53 Å². The van der Waals surface area contributed by atoms with E-state index in [0.717, 1.165) is 20.7 Å². The Balaban J connectivity index is 2.32. The van der Waals surface area contributed by atoms with Gasteiger partial charge in [-0.2, -0.15) is 5.26 Å². The molecule has 6 nitrogen and oxygen atoms in total. The summed E-state index contributed by atoms with van der Waals surface area (Å²) in [5.74, 6) is -0.639. The number of rotatable bonds is 7. The van der Waals surface area contributed by atoms with Crippen LogP contribution in [0.15, 0.2) is 29.8 Å². The first-order chi connectivity index (χ1) is 12.8. The maximum Gasteiger partial charge on any atom is 0.349 e. The second kappa shape index (κ2) is 9.00. The molecule has 27 heavy (non-hydrogen) atoms. The Hall–Kier alpha value is -2.40. The number of aliphatic hydroxyl groups excluding tert-OH is 2. The largest absolute Gasteiger partial charge is 0.456 e. The molecule has 2 aromatic rings. The Bertz CT molecular complexity index is 868. The van der Waals surface area contributed by atoms with Crippen LogP contribution in [0.2, 0.25) is 0 Å². The molecule has 0 radical (unpaired) electrons. The molecule has 1 heterocycles. The lowest BCUT2D eigenvalue weighted by molar-refractivity contribution is -0.149. The maximum atomic E-state index is 12.1. The summed E-state index contributed by atoms with van der Waals surface area (Å²) in [6.07, 6.45) is 1.54. The number of hydrogen-bond acceptors (Lipinski definition) is 7. The first-order valence-corrected chi connectivity index (χ1v) is 9.44. The number of fused-ring (bicyclic) bond motifs is 1. The monoisotopic (exact) mass is 388 g/mol. The third kappa shape index (κ3) is 5.79. The number of benzene rings is 1. The van der Waals surface area contributed by atoms with E-state index in [1.807, 2.05) is 35.2 Å². The molecule has 0 aliphatic carbocycles. The molecule has 0 amide bonds. The number of esters is 1. The van der Waals surface area contributed by atoms with Gasteiger partial charge in [0.25, 0.3) is 0 Å². The predicted octanol–water partition coefficient (Wildman–Crippen LogP) is 2.94. The fraction of sp³-hybridized carbons (Fsp3) is 0.400. The summed E-state index contributed by atoms with van der Waals surface area (Å²) in [5, 5.41) is 28.7. The van der Waals surface area contributed by atoms with Gasteiger partial charge in [0.05, 0.1) is 13.2 Å². The second-order valence-electron chi connectivity index (χ2n) is 6.98. The van der Waals surface area contributed by atoms with E-state index in [1.54, 1.807) is 20.8 Å². The highest BCUT2D eigenvalue weighted by molar-refractivity contribution is 7.19. The Morgan fingerprint density at radius 3 is 2.48 bits per heavy atom. The molecule has 0 atom stereocenters. The fourth-order valence-corrected chi connectivity index (χ4v) is 3.57. The van der Waals surface area contributed by atoms with Crippen LogP contribution in [0.5, 0.6) is 0 Å². The summed E-state index contributed by atoms with van der Waals surface area (Å²) < 4.78 is 6.25. The van der Waals surface area contributed by atoms with Gasteiger partial charge in [-0.3, -0.25) is 0 Å². The number of hydrogen-bond donors (Lipinski definition) is 2. The highest BCUT2D eigenvalue weighted by atomic mass is 32.1. The van der Waals surface area contributed by atoms with Crippen molar-refractivity contribution in [3.63, 3.8) is 0 Å². The van der Waals surface area contributed by atoms with Gasteiger partial charge in [0, 0.05) is 28.4 Å². The Morgan fingerprint density at radius 2 is 1.93 bits per heavy atom. The molecule has 7 heteroatoms. The van der Waals surface area contributed by atoms with Crippen LogP contribution in [0.4, 0.5) is 5.69 Å². The zero-order valence-corrected chi connectivity index (χ0v) is 16.5. The van der Waals surface area contributed by atoms with Crippen molar-refractivity contribution in [2.45, 2.75) is 26.4 Å². The van der Waals surface area contributed by atoms with Crippen LogP contribution in [0.3, 0.4) is 0 Å². The Labute approximate surface area is 162 Å². The average Bonchev–Trinajstić information content (AvgIpc) is 2.99. The summed E-state index contributed by atoms with van der Waals surface area (Å²) in [4.78, 5) is 14.8. The van der Waals surface area contributed by atoms with Crippen LogP contribution < -0.4 is 4.90 Å². The molecule has 0 spiro atoms. The minimum atomic E-state index is -0.662. The van der Waals surface area contributed by atoms with E-state index in [-0.39, 0.29) is 18.8 Å². The van der Waals surface area contributed by atoms with Crippen molar-refractivity contribution >= 4 is 39.2 Å². The van der Waals surface area contributed by atoms with E-state index in [0.29, 0.717) is 13.1 Å². The molecule has 0 unspecified atom stereocenters. The standard InChI is InChI=1S/C20H24N2O4S/c1-20(2,3)26-19(25)15(13-21)11-17-10-14-4-5-16(12-18(14)27-17)22(6-8-23)7-9-24/h4-5,10-12,23-24H,6-9H2,1-3H3/b15-11+. The lowest BCUT2D eigenvalue weighted by Crippen LogP contribution is -2.29. The van der Waals surface area contributed by atoms with E-state index in [2.05, 4.69) is 0 Å². The molecule has 0 saturated carbocycles. The molecule has 0 aliphatic rings. The van der Waals surface area contributed by atoms with Gasteiger partial charge in [0.15, 0.2) is 0 Å². The Kier molecular flexibility index (Phi) is 6.97. The average molecular weight is 388 g/mol. The molecule has 1 aromatic heterocycles. The summed E-state index contributed by atoms with van der Waals surface area (Å²) in [6, 6.07) is 9.66. The zero-order valence-electron chi connectivity index (χ0n) is 15.7. The lowest BCUT2D eigenvalue weighted by atomic mass is 10.1. The van der Waals surface area contributed by atoms with Crippen LogP contribution in [-0.4, -0.2) is 48.1 Å². The number of ether oxygens (including phenoxy) is 1. The third-order valence-corrected chi connectivity index (χ3v) is 4.70. The quantitative estimate of drug-likeness (QED) is 0.430. The predicted molar refractivity (Wildman–Crippen MR) is 108 cm³/mol. The van der Waals surface area contributed by atoms with E-state index in [4.69, 9.17) is 4.74 Å². The van der Waals surface area contributed by atoms with Gasteiger partial charge in [-0.25, -0.2) is 4.79 Å². The summed E-state index contributed by atoms with van der Waals surface area (Å²) >= 11 is 1.46. The highest BCUT2D eigenvalue weighted by Crippen LogP contribution is 2.31. The SMILES string of the molecule is CC(C)(C)OC(=O)/C(C#N)=C/c1cc2ccc(N(CCO)CCO)cc2s1. The Morgan fingerprint density at radius 1 is 1.26 bits per heavy atom. The van der Waals surface area contributed by atoms with Crippen molar-refractivity contribution in [3.8, 4) is 6.07 Å². The highest BCUT2D eigenvalue weighted by Gasteiger charge is 2.20. The minimum Gasteiger partial charge on any atom is -0.456 e. The number of thiophene rings is 1. The third-order valence-electron chi connectivity index (χ3n) is 3.65. The van der Waals surface area contributed by atoms with E-state index < -0.39 is 11.6 Å². The molecular weight excluding hydrogens is 364 g/mol. The number of aliphatic hydroxyl groups is 2. The lowest BCUT2D eigenvalue weighted by Gasteiger charge is -2.22. The van der Waals surface area contributed by atoms with Crippen molar-refractivity contribution in [3.05, 3.63) is 34.7 Å². The molecule has 144 valence electrons. The second-order valence-corrected chi connectivity index (χ2v) is 8.09. The summed E-state index contributed by atoms with van der Waals surface area (Å²) in [6.45, 7) is 6.13. The van der Waals surface area contributed by atoms with E-state index in [1.165, 1.54) is 17.4 Å². The van der Waals surface area contributed by atoms with Gasteiger partial charge in [-0.05, 0) is 50.4 Å². The van der Waals surface area contributed by atoms with Crippen LogP contribution in [0.25, 0.3) is 16.2 Å². The van der Waals surface area contributed by atoms with Crippen molar-refractivity contribution in [1.82, 2.24) is 0 Å². The van der Waals surface area contributed by atoms with Crippen LogP contribution in [0.1, 0.15) is 25.6 Å². The maximum absolute atomic E-state index is 12.1. The zero-order chi connectivity index (χ0) is 20.0. The normalized spacial score (nSPS) is 12.1. The molecule has 0 fully saturated rings. The molecule has 2 rings (SSSR count). The van der Waals surface area contributed by atoms with Crippen molar-refractivity contribution < 1.29 is 19.7 Å². The first kappa shape index (κ1) is 20.9. The first-order valence-electron chi connectivity index (χ1n) is 8.63. The minimum absolute atomic E-state index is 0.00210. The van der Waals surface area contributed by atoms with Gasteiger partial charge >= 0.3 is 5.97 Å². The fourth-order valence-electron chi connectivity index (χ4n) is 2.53. The van der Waals surface area contributed by atoms with Crippen molar-refractivity contribution in [1.29, 1.82) is 5.26 Å². The topological polar surface area (TPSA) is 93.8 Å². The van der Waals surface area contributed by atoms with Gasteiger partial charge in [-0.1, -0.05) is 6.07 Å². The molecule has 2 N–H and O–H groups in total. The molecule has 0 bridgehead atoms.